The predicted molar refractivity (Wildman–Crippen MR) is 100 cm³/mol. The van der Waals surface area contributed by atoms with E-state index in [9.17, 15) is 5.11 Å². The van der Waals surface area contributed by atoms with Crippen molar-refractivity contribution in [3.05, 3.63) is 72.4 Å². The molecule has 1 aromatic heterocycles. The van der Waals surface area contributed by atoms with Gasteiger partial charge in [-0.05, 0) is 24.1 Å². The SMILES string of the molecule is C=CCN1C(=Nc2ccccn2)SC[C@]1(O)c1ccc(CC)cc1. The molecule has 1 aliphatic rings. The maximum absolute atomic E-state index is 11.3. The molecule has 0 amide bonds. The second-order valence-electron chi connectivity index (χ2n) is 5.64. The van der Waals surface area contributed by atoms with Gasteiger partial charge in [0.05, 0.1) is 5.75 Å². The fourth-order valence-corrected chi connectivity index (χ4v) is 3.89. The summed E-state index contributed by atoms with van der Waals surface area (Å²) in [7, 11) is 0. The molecule has 124 valence electrons. The van der Waals surface area contributed by atoms with Gasteiger partial charge in [-0.15, -0.1) is 6.58 Å². The molecule has 1 N–H and O–H groups in total. The van der Waals surface area contributed by atoms with Crippen LogP contribution in [0.2, 0.25) is 0 Å². The molecule has 0 spiro atoms. The third kappa shape index (κ3) is 3.23. The van der Waals surface area contributed by atoms with E-state index in [1.807, 2.05) is 35.2 Å². The number of aliphatic imine (C=N–C) groups is 1. The lowest BCUT2D eigenvalue weighted by atomic mass is 10.0. The number of thioether (sulfide) groups is 1. The number of pyridine rings is 1. The summed E-state index contributed by atoms with van der Waals surface area (Å²) in [6.45, 7) is 6.46. The van der Waals surface area contributed by atoms with Crippen LogP contribution >= 0.6 is 11.8 Å². The van der Waals surface area contributed by atoms with Crippen LogP contribution in [0.25, 0.3) is 0 Å². The predicted octanol–water partition coefficient (Wildman–Crippen LogP) is 3.71. The standard InChI is InChI=1S/C19H21N3OS/c1-3-13-22-18(21-17-7-5-6-12-20-17)24-14-19(22,23)16-10-8-15(4-2)9-11-16/h3,5-12,23H,1,4,13-14H2,2H3/t19-/m0/s1. The van der Waals surface area contributed by atoms with E-state index in [0.717, 1.165) is 17.2 Å². The lowest BCUT2D eigenvalue weighted by Crippen LogP contribution is -2.45. The van der Waals surface area contributed by atoms with E-state index in [0.29, 0.717) is 18.1 Å². The van der Waals surface area contributed by atoms with Crippen LogP contribution in [0.3, 0.4) is 0 Å². The number of aliphatic hydroxyl groups is 1. The van der Waals surface area contributed by atoms with Gasteiger partial charge in [0, 0.05) is 18.3 Å². The van der Waals surface area contributed by atoms with E-state index in [2.05, 4.69) is 35.6 Å². The Morgan fingerprint density at radius 2 is 2.12 bits per heavy atom. The molecule has 1 fully saturated rings. The number of nitrogens with zero attached hydrogens (tertiary/aromatic N) is 3. The van der Waals surface area contributed by atoms with E-state index in [1.54, 1.807) is 12.3 Å². The number of hydrogen-bond donors (Lipinski definition) is 1. The molecule has 24 heavy (non-hydrogen) atoms. The van der Waals surface area contributed by atoms with Gasteiger partial charge in [-0.2, -0.15) is 0 Å². The molecule has 0 unspecified atom stereocenters. The Hall–Kier alpha value is -2.11. The van der Waals surface area contributed by atoms with Crippen molar-refractivity contribution in [1.29, 1.82) is 0 Å². The molecular formula is C19H21N3OS. The monoisotopic (exact) mass is 339 g/mol. The summed E-state index contributed by atoms with van der Waals surface area (Å²) in [4.78, 5) is 10.7. The maximum Gasteiger partial charge on any atom is 0.175 e. The normalized spacial score (nSPS) is 22.1. The first kappa shape index (κ1) is 16.7. The molecule has 2 heterocycles. The Morgan fingerprint density at radius 3 is 2.75 bits per heavy atom. The molecule has 1 aromatic carbocycles. The minimum absolute atomic E-state index is 0.519. The van der Waals surface area contributed by atoms with Gasteiger partial charge in [0.15, 0.2) is 16.7 Å². The van der Waals surface area contributed by atoms with Gasteiger partial charge < -0.3 is 10.0 Å². The largest absolute Gasteiger partial charge is 0.366 e. The Bertz CT molecular complexity index is 730. The van der Waals surface area contributed by atoms with Crippen LogP contribution in [0.1, 0.15) is 18.1 Å². The van der Waals surface area contributed by atoms with Crippen LogP contribution in [-0.4, -0.2) is 32.5 Å². The zero-order valence-electron chi connectivity index (χ0n) is 13.7. The average Bonchev–Trinajstić information content (AvgIpc) is 2.94. The number of hydrogen-bond acceptors (Lipinski definition) is 4. The van der Waals surface area contributed by atoms with Crippen molar-refractivity contribution in [2.75, 3.05) is 12.3 Å². The van der Waals surface area contributed by atoms with Gasteiger partial charge in [-0.1, -0.05) is 55.1 Å². The molecule has 2 aromatic rings. The highest BCUT2D eigenvalue weighted by atomic mass is 32.2. The molecule has 1 saturated heterocycles. The molecule has 1 aliphatic heterocycles. The number of amidine groups is 1. The van der Waals surface area contributed by atoms with E-state index in [4.69, 9.17) is 0 Å². The molecule has 5 heteroatoms. The summed E-state index contributed by atoms with van der Waals surface area (Å²) >= 11 is 1.54. The second kappa shape index (κ2) is 7.20. The molecule has 0 aliphatic carbocycles. The van der Waals surface area contributed by atoms with Crippen LogP contribution in [0.4, 0.5) is 5.82 Å². The van der Waals surface area contributed by atoms with Crippen LogP contribution in [-0.2, 0) is 12.1 Å². The first-order valence-corrected chi connectivity index (χ1v) is 8.99. The van der Waals surface area contributed by atoms with Crippen molar-refractivity contribution >= 4 is 22.7 Å². The number of benzene rings is 1. The minimum atomic E-state index is -1.08. The van der Waals surface area contributed by atoms with Crippen LogP contribution in [0.5, 0.6) is 0 Å². The van der Waals surface area contributed by atoms with Crippen LogP contribution < -0.4 is 0 Å². The lowest BCUT2D eigenvalue weighted by Gasteiger charge is -2.33. The Labute approximate surface area is 147 Å². The molecular weight excluding hydrogens is 318 g/mol. The molecule has 3 rings (SSSR count). The van der Waals surface area contributed by atoms with Gasteiger partial charge in [0.2, 0.25) is 0 Å². The van der Waals surface area contributed by atoms with E-state index < -0.39 is 5.72 Å². The second-order valence-corrected chi connectivity index (χ2v) is 6.58. The summed E-state index contributed by atoms with van der Waals surface area (Å²) in [5.74, 6) is 1.16. The highest BCUT2D eigenvalue weighted by molar-refractivity contribution is 8.14. The first-order chi connectivity index (χ1) is 11.7. The summed E-state index contributed by atoms with van der Waals surface area (Å²) in [5.41, 5.74) is 1.05. The van der Waals surface area contributed by atoms with E-state index >= 15 is 0 Å². The Balaban J connectivity index is 1.95. The first-order valence-electron chi connectivity index (χ1n) is 8.00. The summed E-state index contributed by atoms with van der Waals surface area (Å²) in [6, 6.07) is 13.7. The molecule has 0 radical (unpaired) electrons. The number of rotatable bonds is 5. The molecule has 0 bridgehead atoms. The van der Waals surface area contributed by atoms with Crippen LogP contribution in [0, 0.1) is 0 Å². The van der Waals surface area contributed by atoms with E-state index in [1.165, 1.54) is 17.3 Å². The molecule has 4 nitrogen and oxygen atoms in total. The fourth-order valence-electron chi connectivity index (χ4n) is 2.69. The van der Waals surface area contributed by atoms with Crippen molar-refractivity contribution < 1.29 is 5.11 Å². The highest BCUT2D eigenvalue weighted by Gasteiger charge is 2.44. The quantitative estimate of drug-likeness (QED) is 0.844. The minimum Gasteiger partial charge on any atom is -0.366 e. The highest BCUT2D eigenvalue weighted by Crippen LogP contribution is 2.39. The smallest absolute Gasteiger partial charge is 0.175 e. The van der Waals surface area contributed by atoms with Gasteiger partial charge >= 0.3 is 0 Å². The zero-order valence-corrected chi connectivity index (χ0v) is 14.5. The summed E-state index contributed by atoms with van der Waals surface area (Å²) in [6.07, 6.45) is 4.48. The van der Waals surface area contributed by atoms with Gasteiger partial charge in [0.1, 0.15) is 0 Å². The molecule has 1 atom stereocenters. The van der Waals surface area contributed by atoms with Crippen molar-refractivity contribution in [1.82, 2.24) is 9.88 Å². The number of aromatic nitrogens is 1. The Kier molecular flexibility index (Phi) is 5.02. The number of aryl methyl sites for hydroxylation is 1. The van der Waals surface area contributed by atoms with Gasteiger partial charge in [-0.25, -0.2) is 9.98 Å². The zero-order chi connectivity index (χ0) is 17.0. The topological polar surface area (TPSA) is 48.7 Å². The lowest BCUT2D eigenvalue weighted by molar-refractivity contribution is -0.0422. The van der Waals surface area contributed by atoms with E-state index in [-0.39, 0.29) is 0 Å². The fraction of sp³-hybridized carbons (Fsp3) is 0.263. The van der Waals surface area contributed by atoms with Crippen LogP contribution in [0.15, 0.2) is 66.3 Å². The van der Waals surface area contributed by atoms with Gasteiger partial charge in [-0.3, -0.25) is 0 Å². The summed E-state index contributed by atoms with van der Waals surface area (Å²) < 4.78 is 0. The van der Waals surface area contributed by atoms with Crippen molar-refractivity contribution in [3.8, 4) is 0 Å². The van der Waals surface area contributed by atoms with Crippen molar-refractivity contribution in [2.45, 2.75) is 19.1 Å². The average molecular weight is 339 g/mol. The molecule has 0 saturated carbocycles. The maximum atomic E-state index is 11.3. The van der Waals surface area contributed by atoms with Crippen molar-refractivity contribution in [2.24, 2.45) is 4.99 Å². The summed E-state index contributed by atoms with van der Waals surface area (Å²) in [5, 5.41) is 12.1. The Morgan fingerprint density at radius 1 is 1.33 bits per heavy atom. The van der Waals surface area contributed by atoms with Crippen molar-refractivity contribution in [3.63, 3.8) is 0 Å². The third-order valence-electron chi connectivity index (χ3n) is 4.08. The third-order valence-corrected chi connectivity index (χ3v) is 5.19. The van der Waals surface area contributed by atoms with Gasteiger partial charge in [0.25, 0.3) is 0 Å².